The molecular weight excluding hydrogens is 383 g/mol. The average Bonchev–Trinajstić information content (AvgIpc) is 2.61. The predicted molar refractivity (Wildman–Crippen MR) is 101 cm³/mol. The van der Waals surface area contributed by atoms with Crippen LogP contribution in [0.3, 0.4) is 0 Å². The lowest BCUT2D eigenvalue weighted by atomic mass is 9.83. The van der Waals surface area contributed by atoms with Gasteiger partial charge in [-0.25, -0.2) is 0 Å². The van der Waals surface area contributed by atoms with Crippen molar-refractivity contribution >= 4 is 18.3 Å². The van der Waals surface area contributed by atoms with E-state index in [1.54, 1.807) is 38.1 Å². The second-order valence-electron chi connectivity index (χ2n) is 6.88. The number of nitrogens with zero attached hydrogens (tertiary/aromatic N) is 1. The molecule has 154 valence electrons. The summed E-state index contributed by atoms with van der Waals surface area (Å²) in [7, 11) is 1.50. The molecule has 1 aromatic rings. The number of hydrogen-bond donors (Lipinski definition) is 2. The molecule has 0 saturated carbocycles. The van der Waals surface area contributed by atoms with Crippen molar-refractivity contribution in [2.24, 2.45) is 0 Å². The van der Waals surface area contributed by atoms with Gasteiger partial charge in [-0.05, 0) is 19.9 Å². The van der Waals surface area contributed by atoms with Crippen molar-refractivity contribution in [3.63, 3.8) is 0 Å². The molecule has 0 radical (unpaired) electrons. The highest BCUT2D eigenvalue weighted by Gasteiger charge is 2.44. The minimum Gasteiger partial charge on any atom is -0.496 e. The molecule has 0 aromatic heterocycles. The Hall–Kier alpha value is -1.51. The van der Waals surface area contributed by atoms with Crippen LogP contribution in [0.1, 0.15) is 19.4 Å². The number of nitrogens with one attached hydrogen (secondary N) is 2. The van der Waals surface area contributed by atoms with Gasteiger partial charge in [0, 0.05) is 38.3 Å². The molecule has 1 heterocycles. The molecule has 9 heteroatoms. The van der Waals surface area contributed by atoms with E-state index in [0.717, 1.165) is 0 Å². The third-order valence-electron chi connectivity index (χ3n) is 4.77. The van der Waals surface area contributed by atoms with Gasteiger partial charge in [0.05, 0.1) is 12.5 Å². The van der Waals surface area contributed by atoms with E-state index in [1.807, 2.05) is 0 Å². The quantitative estimate of drug-likeness (QED) is 0.757. The maximum absolute atomic E-state index is 13.5. The number of amides is 1. The summed E-state index contributed by atoms with van der Waals surface area (Å²) < 4.78 is 45.7. The van der Waals surface area contributed by atoms with E-state index in [0.29, 0.717) is 37.5 Å². The second-order valence-corrected chi connectivity index (χ2v) is 6.88. The van der Waals surface area contributed by atoms with Gasteiger partial charge < -0.3 is 15.4 Å². The number of benzene rings is 1. The van der Waals surface area contributed by atoms with Crippen LogP contribution >= 0.6 is 12.4 Å². The fourth-order valence-electron chi connectivity index (χ4n) is 3.14. The van der Waals surface area contributed by atoms with Gasteiger partial charge in [-0.15, -0.1) is 12.4 Å². The fraction of sp³-hybridized carbons (Fsp3) is 0.611. The monoisotopic (exact) mass is 409 g/mol. The van der Waals surface area contributed by atoms with Crippen LogP contribution in [0.15, 0.2) is 24.3 Å². The SMILES string of the molecule is COc1ccccc1C(C)(C)C(=O)NCC(N1CCNCC1)C(F)(F)F.Cl. The van der Waals surface area contributed by atoms with Crippen LogP contribution in [0.5, 0.6) is 5.75 Å². The minimum atomic E-state index is -4.40. The maximum Gasteiger partial charge on any atom is 0.405 e. The summed E-state index contributed by atoms with van der Waals surface area (Å²) in [6.45, 7) is 4.49. The molecule has 0 bridgehead atoms. The zero-order valence-corrected chi connectivity index (χ0v) is 16.5. The van der Waals surface area contributed by atoms with Gasteiger partial charge in [0.25, 0.3) is 0 Å². The number of alkyl halides is 3. The number of carbonyl (C=O) groups excluding carboxylic acids is 1. The first-order chi connectivity index (χ1) is 12.2. The first-order valence-electron chi connectivity index (χ1n) is 8.61. The predicted octanol–water partition coefficient (Wildman–Crippen LogP) is 2.35. The molecule has 1 aliphatic rings. The lowest BCUT2D eigenvalue weighted by Gasteiger charge is -2.36. The van der Waals surface area contributed by atoms with E-state index < -0.39 is 30.1 Å². The largest absolute Gasteiger partial charge is 0.496 e. The molecule has 5 nitrogen and oxygen atoms in total. The smallest absolute Gasteiger partial charge is 0.405 e. The van der Waals surface area contributed by atoms with Gasteiger partial charge in [-0.2, -0.15) is 13.2 Å². The lowest BCUT2D eigenvalue weighted by molar-refractivity contribution is -0.184. The molecule has 0 aliphatic carbocycles. The number of methoxy groups -OCH3 is 1. The van der Waals surface area contributed by atoms with E-state index in [2.05, 4.69) is 10.6 Å². The van der Waals surface area contributed by atoms with Crippen LogP contribution < -0.4 is 15.4 Å². The van der Waals surface area contributed by atoms with Crippen LogP contribution in [-0.4, -0.2) is 62.9 Å². The minimum absolute atomic E-state index is 0. The molecule has 2 N–H and O–H groups in total. The normalized spacial score (nSPS) is 17.0. The van der Waals surface area contributed by atoms with Crippen LogP contribution in [0, 0.1) is 0 Å². The second kappa shape index (κ2) is 9.61. The van der Waals surface area contributed by atoms with Crippen LogP contribution in [0.25, 0.3) is 0 Å². The molecule has 1 amide bonds. The Morgan fingerprint density at radius 2 is 1.85 bits per heavy atom. The van der Waals surface area contributed by atoms with Gasteiger partial charge in [0.15, 0.2) is 0 Å². The van der Waals surface area contributed by atoms with Crippen LogP contribution in [0.4, 0.5) is 13.2 Å². The summed E-state index contributed by atoms with van der Waals surface area (Å²) in [5.41, 5.74) is -0.391. The topological polar surface area (TPSA) is 53.6 Å². The van der Waals surface area contributed by atoms with Crippen LogP contribution in [0.2, 0.25) is 0 Å². The summed E-state index contributed by atoms with van der Waals surface area (Å²) in [4.78, 5) is 14.1. The van der Waals surface area contributed by atoms with E-state index in [9.17, 15) is 18.0 Å². The molecular formula is C18H27ClF3N3O2. The van der Waals surface area contributed by atoms with Gasteiger partial charge in [-0.1, -0.05) is 18.2 Å². The van der Waals surface area contributed by atoms with Crippen molar-refractivity contribution in [1.82, 2.24) is 15.5 Å². The van der Waals surface area contributed by atoms with Crippen LogP contribution in [-0.2, 0) is 10.2 Å². The Labute approximate surface area is 164 Å². The Morgan fingerprint density at radius 3 is 2.41 bits per heavy atom. The summed E-state index contributed by atoms with van der Waals surface area (Å²) >= 11 is 0. The Kier molecular flexibility index (Phi) is 8.38. The van der Waals surface area contributed by atoms with E-state index in [4.69, 9.17) is 4.74 Å². The number of para-hydroxylation sites is 1. The number of ether oxygens (including phenoxy) is 1. The van der Waals surface area contributed by atoms with Gasteiger partial charge >= 0.3 is 6.18 Å². The summed E-state index contributed by atoms with van der Waals surface area (Å²) in [5.74, 6) is 0.0634. The van der Waals surface area contributed by atoms with Crippen molar-refractivity contribution in [2.75, 3.05) is 39.8 Å². The third-order valence-corrected chi connectivity index (χ3v) is 4.77. The molecule has 1 fully saturated rings. The molecule has 1 saturated heterocycles. The number of carbonyl (C=O) groups is 1. The zero-order valence-electron chi connectivity index (χ0n) is 15.7. The van der Waals surface area contributed by atoms with E-state index in [-0.39, 0.29) is 12.4 Å². The molecule has 2 rings (SSSR count). The average molecular weight is 410 g/mol. The van der Waals surface area contributed by atoms with Crippen molar-refractivity contribution < 1.29 is 22.7 Å². The van der Waals surface area contributed by atoms with Gasteiger partial charge in [0.1, 0.15) is 11.8 Å². The third kappa shape index (κ3) is 5.73. The maximum atomic E-state index is 13.5. The van der Waals surface area contributed by atoms with Crippen molar-refractivity contribution in [3.8, 4) is 5.75 Å². The summed E-state index contributed by atoms with van der Waals surface area (Å²) in [6, 6.07) is 5.33. The Morgan fingerprint density at radius 1 is 1.26 bits per heavy atom. The molecule has 27 heavy (non-hydrogen) atoms. The Balaban J connectivity index is 0.00000364. The first kappa shape index (κ1) is 23.5. The van der Waals surface area contributed by atoms with Gasteiger partial charge in [-0.3, -0.25) is 9.69 Å². The fourth-order valence-corrected chi connectivity index (χ4v) is 3.14. The number of hydrogen-bond acceptors (Lipinski definition) is 4. The highest BCUT2D eigenvalue weighted by molar-refractivity contribution is 5.88. The van der Waals surface area contributed by atoms with Gasteiger partial charge in [0.2, 0.25) is 5.91 Å². The summed E-state index contributed by atoms with van der Waals surface area (Å²) in [6.07, 6.45) is -4.40. The van der Waals surface area contributed by atoms with Crippen molar-refractivity contribution in [2.45, 2.75) is 31.5 Å². The summed E-state index contributed by atoms with van der Waals surface area (Å²) in [5, 5.41) is 5.53. The Bertz CT molecular complexity index is 620. The molecule has 1 atom stereocenters. The van der Waals surface area contributed by atoms with Crippen molar-refractivity contribution in [3.05, 3.63) is 29.8 Å². The number of halogens is 4. The highest BCUT2D eigenvalue weighted by Crippen LogP contribution is 2.32. The zero-order chi connectivity index (χ0) is 19.4. The molecule has 1 aromatic carbocycles. The lowest BCUT2D eigenvalue weighted by Crippen LogP contribution is -2.58. The highest BCUT2D eigenvalue weighted by atomic mass is 35.5. The first-order valence-corrected chi connectivity index (χ1v) is 8.61. The molecule has 1 unspecified atom stereocenters. The number of piperazine rings is 1. The van der Waals surface area contributed by atoms with E-state index >= 15 is 0 Å². The standard InChI is InChI=1S/C18H26F3N3O2.ClH/c1-17(2,13-6-4-5-7-14(13)26-3)16(25)23-12-15(18(19,20)21)24-10-8-22-9-11-24;/h4-7,15,22H,8-12H2,1-3H3,(H,23,25);1H. The number of rotatable bonds is 6. The van der Waals surface area contributed by atoms with Crippen molar-refractivity contribution in [1.29, 1.82) is 0 Å². The molecule has 1 aliphatic heterocycles. The van der Waals surface area contributed by atoms with E-state index in [1.165, 1.54) is 12.0 Å². The molecule has 0 spiro atoms.